The summed E-state index contributed by atoms with van der Waals surface area (Å²) >= 11 is 0. The zero-order valence-corrected chi connectivity index (χ0v) is 31.6. The summed E-state index contributed by atoms with van der Waals surface area (Å²) < 4.78 is 12.4. The Morgan fingerprint density at radius 2 is 1.54 bits per heavy atom. The molecule has 0 aromatic carbocycles. The second-order valence-electron chi connectivity index (χ2n) is 18.5. The third-order valence-electron chi connectivity index (χ3n) is 16.0. The Kier molecular flexibility index (Phi) is 8.82. The van der Waals surface area contributed by atoms with E-state index < -0.39 is 6.04 Å². The molecular weight excluding hydrogens is 598 g/mol. The number of aromatic nitrogens is 2. The fourth-order valence-corrected chi connectivity index (χ4v) is 13.2. The number of aryl methyl sites for hydroxylation is 3. The van der Waals surface area contributed by atoms with Crippen molar-refractivity contribution >= 4 is 11.9 Å². The molecular formula is C41H63N3O4. The molecule has 5 aliphatic rings. The first-order chi connectivity index (χ1) is 22.3. The van der Waals surface area contributed by atoms with Crippen molar-refractivity contribution in [2.24, 2.45) is 62.4 Å². The monoisotopic (exact) mass is 661 g/mol. The Morgan fingerprint density at radius 1 is 0.854 bits per heavy atom. The Hall–Kier alpha value is -2.28. The second-order valence-corrected chi connectivity index (χ2v) is 18.5. The molecule has 0 spiro atoms. The Morgan fingerprint density at radius 3 is 2.21 bits per heavy atom. The zero-order valence-electron chi connectivity index (χ0n) is 31.6. The van der Waals surface area contributed by atoms with Crippen molar-refractivity contribution < 1.29 is 19.1 Å². The predicted octanol–water partition coefficient (Wildman–Crippen LogP) is 8.48. The van der Waals surface area contributed by atoms with Crippen molar-refractivity contribution in [2.45, 2.75) is 146 Å². The molecule has 0 unspecified atom stereocenters. The molecule has 2 N–H and O–H groups in total. The van der Waals surface area contributed by atoms with Gasteiger partial charge < -0.3 is 15.2 Å². The number of nitrogens with zero attached hydrogens (tertiary/aromatic N) is 2. The Bertz CT molecular complexity index is 1490. The van der Waals surface area contributed by atoms with Crippen molar-refractivity contribution in [1.29, 1.82) is 0 Å². The van der Waals surface area contributed by atoms with Crippen LogP contribution in [0.5, 0.6) is 0 Å². The normalized spacial score (nSPS) is 42.0. The van der Waals surface area contributed by atoms with Gasteiger partial charge in [0, 0.05) is 10.8 Å². The summed E-state index contributed by atoms with van der Waals surface area (Å²) in [5, 5.41) is 0. The quantitative estimate of drug-likeness (QED) is 0.241. The van der Waals surface area contributed by atoms with Gasteiger partial charge in [0.2, 0.25) is 0 Å². The molecule has 11 atom stereocenters. The molecule has 7 nitrogen and oxygen atoms in total. The van der Waals surface area contributed by atoms with E-state index in [0.717, 1.165) is 43.5 Å². The summed E-state index contributed by atoms with van der Waals surface area (Å²) in [5.41, 5.74) is 10.3. The summed E-state index contributed by atoms with van der Waals surface area (Å²) in [6, 6.07) is -0.593. The molecule has 0 amide bonds. The lowest BCUT2D eigenvalue weighted by Gasteiger charge is -2.73. The number of hydrogen-bond donors (Lipinski definition) is 1. The maximum Gasteiger partial charge on any atom is 0.358 e. The first-order valence-corrected chi connectivity index (χ1v) is 18.9. The van der Waals surface area contributed by atoms with Gasteiger partial charge in [0.25, 0.3) is 0 Å². The summed E-state index contributed by atoms with van der Waals surface area (Å²) in [5.74, 6) is 1.99. The molecule has 1 heterocycles. The van der Waals surface area contributed by atoms with Crippen LogP contribution in [-0.4, -0.2) is 40.7 Å². The number of carbonyl (C=O) groups is 2. The third-order valence-corrected chi connectivity index (χ3v) is 16.0. The van der Waals surface area contributed by atoms with Crippen molar-refractivity contribution in [1.82, 2.24) is 9.97 Å². The van der Waals surface area contributed by atoms with Gasteiger partial charge in [-0.15, -0.1) is 0 Å². The number of nitrogens with two attached hydrogens (primary N) is 1. The molecule has 1 aromatic rings. The molecule has 6 rings (SSSR count). The van der Waals surface area contributed by atoms with Crippen LogP contribution >= 0.6 is 0 Å². The van der Waals surface area contributed by atoms with Gasteiger partial charge in [0.1, 0.15) is 12.1 Å². The second kappa shape index (κ2) is 11.9. The molecule has 0 aliphatic heterocycles. The standard InChI is InChI=1S/C41H63N3O4/c1-23(2)28-14-19-41(22-47-36(46)34-27(6)43-25(4)26(5)44-34)21-20-39(10)29(33(28)41)12-13-31-38(9)17-16-32(48-35(45)24(3)42)37(7,8)30(38)15-18-40(31,39)11/h24,28-33H,1,12-22,42H2,2-11H3/t24-,28-,29+,30-,31+,32-,33+,38-,39+,40+,41+/m0/s1. The van der Waals surface area contributed by atoms with Crippen molar-refractivity contribution in [3.8, 4) is 0 Å². The number of allylic oxidation sites excluding steroid dienone is 1. The van der Waals surface area contributed by atoms with Gasteiger partial charge >= 0.3 is 11.9 Å². The predicted molar refractivity (Wildman–Crippen MR) is 189 cm³/mol. The number of ether oxygens (including phenoxy) is 2. The lowest BCUT2D eigenvalue weighted by atomic mass is 9.32. The molecule has 266 valence electrons. The van der Waals surface area contributed by atoms with E-state index in [1.165, 1.54) is 37.7 Å². The minimum Gasteiger partial charge on any atom is -0.461 e. The van der Waals surface area contributed by atoms with Crippen LogP contribution in [-0.2, 0) is 14.3 Å². The summed E-state index contributed by atoms with van der Waals surface area (Å²) in [6.45, 7) is 27.2. The van der Waals surface area contributed by atoms with Crippen LogP contribution in [0.2, 0.25) is 0 Å². The highest BCUT2D eigenvalue weighted by molar-refractivity contribution is 5.88. The van der Waals surface area contributed by atoms with E-state index in [1.807, 2.05) is 20.8 Å². The molecule has 7 heteroatoms. The molecule has 0 saturated heterocycles. The average molecular weight is 662 g/mol. The van der Waals surface area contributed by atoms with Gasteiger partial charge in [0.05, 0.1) is 23.7 Å². The number of esters is 2. The van der Waals surface area contributed by atoms with E-state index in [9.17, 15) is 9.59 Å². The lowest BCUT2D eigenvalue weighted by Crippen LogP contribution is -2.67. The Labute approximate surface area is 290 Å². The third kappa shape index (κ3) is 5.13. The highest BCUT2D eigenvalue weighted by atomic mass is 16.5. The minimum absolute atomic E-state index is 0.0289. The van der Waals surface area contributed by atoms with Crippen molar-refractivity contribution in [2.75, 3.05) is 6.61 Å². The number of hydrogen-bond acceptors (Lipinski definition) is 7. The molecule has 48 heavy (non-hydrogen) atoms. The number of carbonyl (C=O) groups excluding carboxylic acids is 2. The number of fused-ring (bicyclic) bond motifs is 7. The first kappa shape index (κ1) is 35.5. The molecule has 5 aliphatic carbocycles. The maximum atomic E-state index is 13.5. The Balaban J connectivity index is 1.28. The van der Waals surface area contributed by atoms with E-state index in [0.29, 0.717) is 47.6 Å². The van der Waals surface area contributed by atoms with Gasteiger partial charge in [-0.2, -0.15) is 0 Å². The smallest absolute Gasteiger partial charge is 0.358 e. The largest absolute Gasteiger partial charge is 0.461 e. The summed E-state index contributed by atoms with van der Waals surface area (Å²) in [4.78, 5) is 35.3. The van der Waals surface area contributed by atoms with E-state index in [-0.39, 0.29) is 45.1 Å². The lowest BCUT2D eigenvalue weighted by molar-refractivity contribution is -0.251. The number of rotatable bonds is 6. The van der Waals surface area contributed by atoms with E-state index in [1.54, 1.807) is 6.92 Å². The van der Waals surface area contributed by atoms with Crippen LogP contribution < -0.4 is 5.73 Å². The van der Waals surface area contributed by atoms with E-state index >= 15 is 0 Å². The average Bonchev–Trinajstić information content (AvgIpc) is 3.39. The summed E-state index contributed by atoms with van der Waals surface area (Å²) in [7, 11) is 0. The van der Waals surface area contributed by atoms with Crippen LogP contribution in [0.1, 0.15) is 140 Å². The van der Waals surface area contributed by atoms with Crippen LogP contribution in [0.3, 0.4) is 0 Å². The van der Waals surface area contributed by atoms with Gasteiger partial charge in [0.15, 0.2) is 5.69 Å². The van der Waals surface area contributed by atoms with Gasteiger partial charge in [-0.25, -0.2) is 9.78 Å². The molecule has 5 fully saturated rings. The molecule has 0 bridgehead atoms. The van der Waals surface area contributed by atoms with Crippen LogP contribution in [0.15, 0.2) is 12.2 Å². The van der Waals surface area contributed by atoms with E-state index in [2.05, 4.69) is 58.1 Å². The molecule has 0 radical (unpaired) electrons. The van der Waals surface area contributed by atoms with Crippen LogP contribution in [0.4, 0.5) is 0 Å². The van der Waals surface area contributed by atoms with Gasteiger partial charge in [-0.05, 0) is 145 Å². The zero-order chi connectivity index (χ0) is 35.2. The summed E-state index contributed by atoms with van der Waals surface area (Å²) in [6.07, 6.45) is 11.2. The van der Waals surface area contributed by atoms with E-state index in [4.69, 9.17) is 15.2 Å². The minimum atomic E-state index is -0.593. The molecule has 5 saturated carbocycles. The highest BCUT2D eigenvalue weighted by Gasteiger charge is 2.71. The molecule has 1 aromatic heterocycles. The highest BCUT2D eigenvalue weighted by Crippen LogP contribution is 2.77. The van der Waals surface area contributed by atoms with Crippen molar-refractivity contribution in [3.63, 3.8) is 0 Å². The topological polar surface area (TPSA) is 104 Å². The van der Waals surface area contributed by atoms with Crippen molar-refractivity contribution in [3.05, 3.63) is 34.9 Å². The first-order valence-electron chi connectivity index (χ1n) is 18.9. The fraction of sp³-hybridized carbons (Fsp3) is 0.805. The van der Waals surface area contributed by atoms with Gasteiger partial charge in [-0.1, -0.05) is 46.8 Å². The fourth-order valence-electron chi connectivity index (χ4n) is 13.2. The van der Waals surface area contributed by atoms with Crippen LogP contribution in [0.25, 0.3) is 0 Å². The maximum absolute atomic E-state index is 13.5. The van der Waals surface area contributed by atoms with Crippen LogP contribution in [0, 0.1) is 77.4 Å². The van der Waals surface area contributed by atoms with Gasteiger partial charge in [-0.3, -0.25) is 9.78 Å². The SMILES string of the molecule is C=C(C)[C@@H]1CC[C@]2(COC(=O)c3nc(C)c(C)nc3C)CC[C@]3(C)[C@H](CC[C@@H]4[C@@]5(C)CC[C@H](OC(=O)[C@H](C)N)C(C)(C)[C@@H]5CC[C@]43C)[C@@H]12.